The fraction of sp³-hybridized carbons (Fsp3) is 0.381. The van der Waals surface area contributed by atoms with Gasteiger partial charge in [-0.25, -0.2) is 0 Å². The van der Waals surface area contributed by atoms with E-state index in [1.807, 2.05) is 30.3 Å². The van der Waals surface area contributed by atoms with Crippen LogP contribution in [-0.2, 0) is 10.8 Å². The van der Waals surface area contributed by atoms with Crippen LogP contribution in [0.5, 0.6) is 5.75 Å². The molecule has 0 saturated heterocycles. The van der Waals surface area contributed by atoms with Gasteiger partial charge in [-0.05, 0) is 35.1 Å². The molecule has 0 bridgehead atoms. The van der Waals surface area contributed by atoms with Gasteiger partial charge in [0, 0.05) is 22.4 Å². The Morgan fingerprint density at radius 3 is 1.75 bits per heavy atom. The van der Waals surface area contributed by atoms with Crippen LogP contribution in [0, 0.1) is 0 Å². The van der Waals surface area contributed by atoms with E-state index < -0.39 is 0 Å². The Morgan fingerprint density at radius 2 is 1.33 bits per heavy atom. The minimum absolute atomic E-state index is 0.152. The first-order valence-corrected chi connectivity index (χ1v) is 8.24. The van der Waals surface area contributed by atoms with E-state index in [0.29, 0.717) is 17.0 Å². The lowest BCUT2D eigenvalue weighted by Crippen LogP contribution is -2.19. The quantitative estimate of drug-likeness (QED) is 0.742. The van der Waals surface area contributed by atoms with Crippen LogP contribution in [0.3, 0.4) is 0 Å². The average molecular weight is 325 g/mol. The zero-order chi connectivity index (χ0) is 18.1. The van der Waals surface area contributed by atoms with Gasteiger partial charge in [-0.3, -0.25) is 4.79 Å². The zero-order valence-electron chi connectivity index (χ0n) is 15.4. The molecule has 0 saturated carbocycles. The van der Waals surface area contributed by atoms with Gasteiger partial charge < -0.3 is 10.4 Å². The minimum Gasteiger partial charge on any atom is -0.507 e. The molecule has 3 nitrogen and oxygen atoms in total. The fourth-order valence-electron chi connectivity index (χ4n) is 2.64. The van der Waals surface area contributed by atoms with Crippen molar-refractivity contribution in [2.75, 3.05) is 5.32 Å². The average Bonchev–Trinajstić information content (AvgIpc) is 2.47. The van der Waals surface area contributed by atoms with E-state index in [2.05, 4.69) is 46.9 Å². The Hall–Kier alpha value is -2.29. The smallest absolute Gasteiger partial charge is 0.255 e. The fourth-order valence-corrected chi connectivity index (χ4v) is 2.64. The lowest BCUT2D eigenvalue weighted by atomic mass is 9.79. The molecule has 0 heterocycles. The summed E-state index contributed by atoms with van der Waals surface area (Å²) in [6.07, 6.45) is 0. The highest BCUT2D eigenvalue weighted by atomic mass is 16.3. The number of rotatable bonds is 2. The third-order valence-corrected chi connectivity index (χ3v) is 4.02. The van der Waals surface area contributed by atoms with Crippen molar-refractivity contribution in [1.82, 2.24) is 0 Å². The van der Waals surface area contributed by atoms with E-state index in [-0.39, 0.29) is 16.7 Å². The maximum Gasteiger partial charge on any atom is 0.255 e. The van der Waals surface area contributed by atoms with Gasteiger partial charge in [0.25, 0.3) is 5.91 Å². The first-order valence-electron chi connectivity index (χ1n) is 8.24. The molecule has 0 spiro atoms. The normalized spacial score (nSPS) is 12.1. The lowest BCUT2D eigenvalue weighted by Gasteiger charge is -2.28. The number of phenols is 1. The van der Waals surface area contributed by atoms with Crippen molar-refractivity contribution >= 4 is 11.6 Å². The number of hydrogen-bond donors (Lipinski definition) is 2. The monoisotopic (exact) mass is 325 g/mol. The van der Waals surface area contributed by atoms with Crippen molar-refractivity contribution in [2.45, 2.75) is 52.4 Å². The predicted octanol–water partition coefficient (Wildman–Crippen LogP) is 5.24. The summed E-state index contributed by atoms with van der Waals surface area (Å²) in [7, 11) is 0. The molecule has 0 radical (unpaired) electrons. The van der Waals surface area contributed by atoms with Gasteiger partial charge in [-0.1, -0.05) is 59.7 Å². The topological polar surface area (TPSA) is 49.3 Å². The number of benzene rings is 2. The molecule has 0 aromatic heterocycles. The van der Waals surface area contributed by atoms with Crippen molar-refractivity contribution in [3.05, 3.63) is 59.2 Å². The van der Waals surface area contributed by atoms with Crippen molar-refractivity contribution in [1.29, 1.82) is 0 Å². The molecule has 24 heavy (non-hydrogen) atoms. The highest BCUT2D eigenvalue weighted by molar-refractivity contribution is 6.04. The summed E-state index contributed by atoms with van der Waals surface area (Å²) in [5, 5.41) is 13.7. The Labute approximate surface area is 144 Å². The number of carbonyl (C=O) groups excluding carboxylic acids is 1. The van der Waals surface area contributed by atoms with Gasteiger partial charge in [-0.2, -0.15) is 0 Å². The molecule has 1 amide bonds. The summed E-state index contributed by atoms with van der Waals surface area (Å²) in [5.41, 5.74) is 2.53. The number of amides is 1. The molecule has 0 atom stereocenters. The Kier molecular flexibility index (Phi) is 4.75. The molecule has 0 fully saturated rings. The highest BCUT2D eigenvalue weighted by Crippen LogP contribution is 2.41. The second kappa shape index (κ2) is 6.31. The van der Waals surface area contributed by atoms with Crippen LogP contribution in [0.25, 0.3) is 0 Å². The third-order valence-electron chi connectivity index (χ3n) is 4.02. The number of aromatic hydroxyl groups is 1. The predicted molar refractivity (Wildman–Crippen MR) is 99.9 cm³/mol. The second-order valence-corrected chi connectivity index (χ2v) is 8.24. The molecular weight excluding hydrogens is 298 g/mol. The van der Waals surface area contributed by atoms with Gasteiger partial charge in [0.2, 0.25) is 0 Å². The maximum absolute atomic E-state index is 12.4. The van der Waals surface area contributed by atoms with Crippen molar-refractivity contribution in [3.63, 3.8) is 0 Å². The Morgan fingerprint density at radius 1 is 0.875 bits per heavy atom. The summed E-state index contributed by atoms with van der Waals surface area (Å²) < 4.78 is 0. The number of carbonyl (C=O) groups is 1. The third kappa shape index (κ3) is 3.97. The summed E-state index contributed by atoms with van der Waals surface area (Å²) in [5.74, 6) is 0.161. The van der Waals surface area contributed by atoms with Crippen LogP contribution < -0.4 is 5.32 Å². The van der Waals surface area contributed by atoms with Crippen LogP contribution >= 0.6 is 0 Å². The zero-order valence-corrected chi connectivity index (χ0v) is 15.4. The van der Waals surface area contributed by atoms with Crippen molar-refractivity contribution in [3.8, 4) is 5.75 Å². The van der Waals surface area contributed by atoms with E-state index in [1.165, 1.54) is 0 Å². The van der Waals surface area contributed by atoms with Gasteiger partial charge in [0.15, 0.2) is 0 Å². The van der Waals surface area contributed by atoms with Gasteiger partial charge >= 0.3 is 0 Å². The molecule has 2 N–H and O–H groups in total. The molecular formula is C21H27NO2. The molecule has 0 aliphatic rings. The summed E-state index contributed by atoms with van der Waals surface area (Å²) in [4.78, 5) is 12.4. The highest BCUT2D eigenvalue weighted by Gasteiger charge is 2.26. The van der Waals surface area contributed by atoms with Crippen LogP contribution in [0.15, 0.2) is 42.5 Å². The molecule has 0 aliphatic heterocycles. The van der Waals surface area contributed by atoms with Crippen molar-refractivity contribution in [2.24, 2.45) is 0 Å². The van der Waals surface area contributed by atoms with E-state index in [1.54, 1.807) is 12.1 Å². The summed E-state index contributed by atoms with van der Waals surface area (Å²) in [6, 6.07) is 12.9. The van der Waals surface area contributed by atoms with E-state index in [0.717, 1.165) is 11.1 Å². The second-order valence-electron chi connectivity index (χ2n) is 8.24. The standard InChI is InChI=1S/C21H27NO2/c1-20(2,3)16-12-15(13-17(18(16)23)21(4,5)6)22-19(24)14-10-8-7-9-11-14/h7-13,23H,1-6H3,(H,22,24). The number of nitrogens with one attached hydrogen (secondary N) is 1. The number of hydrogen-bond acceptors (Lipinski definition) is 2. The van der Waals surface area contributed by atoms with Gasteiger partial charge in [0.1, 0.15) is 5.75 Å². The van der Waals surface area contributed by atoms with Crippen molar-refractivity contribution < 1.29 is 9.90 Å². The Bertz CT molecular complexity index is 700. The van der Waals surface area contributed by atoms with E-state index in [9.17, 15) is 9.90 Å². The molecule has 0 aliphatic carbocycles. The van der Waals surface area contributed by atoms with Crippen LogP contribution in [-0.4, -0.2) is 11.0 Å². The SMILES string of the molecule is CC(C)(C)c1cc(NC(=O)c2ccccc2)cc(C(C)(C)C)c1O. The summed E-state index contributed by atoms with van der Waals surface area (Å²) >= 11 is 0. The van der Waals surface area contributed by atoms with Gasteiger partial charge in [-0.15, -0.1) is 0 Å². The molecule has 2 aromatic rings. The number of phenolic OH excluding ortho intramolecular Hbond substituents is 1. The van der Waals surface area contributed by atoms with Crippen LogP contribution in [0.1, 0.15) is 63.0 Å². The molecule has 128 valence electrons. The molecule has 2 rings (SSSR count). The first-order chi connectivity index (χ1) is 11.0. The first kappa shape index (κ1) is 18.1. The largest absolute Gasteiger partial charge is 0.507 e. The number of anilines is 1. The molecule has 0 unspecified atom stereocenters. The van der Waals surface area contributed by atoms with Gasteiger partial charge in [0.05, 0.1) is 0 Å². The Balaban J connectivity index is 2.49. The van der Waals surface area contributed by atoms with Crippen LogP contribution in [0.2, 0.25) is 0 Å². The molecule has 2 aromatic carbocycles. The molecule has 3 heteroatoms. The van der Waals surface area contributed by atoms with E-state index in [4.69, 9.17) is 0 Å². The minimum atomic E-state index is -0.225. The van der Waals surface area contributed by atoms with Crippen LogP contribution in [0.4, 0.5) is 5.69 Å². The lowest BCUT2D eigenvalue weighted by molar-refractivity contribution is 0.102. The summed E-state index contributed by atoms with van der Waals surface area (Å²) in [6.45, 7) is 12.3. The van der Waals surface area contributed by atoms with E-state index >= 15 is 0 Å². The maximum atomic E-state index is 12.4.